The Labute approximate surface area is 146 Å². The standard InChI is InChI=1S/C19H22N2O2S/c1-13-7-8-15(11-14(13)2)19(23)20-12-18(22)21-9-3-5-16(21)17-6-4-10-24-17/h4,6-8,10-11,16H,3,5,9,12H2,1-2H3,(H,20,23). The van der Waals surface area contributed by atoms with E-state index in [1.165, 1.54) is 4.88 Å². The maximum Gasteiger partial charge on any atom is 0.251 e. The van der Waals surface area contributed by atoms with Crippen LogP contribution >= 0.6 is 11.3 Å². The van der Waals surface area contributed by atoms with E-state index in [9.17, 15) is 9.59 Å². The lowest BCUT2D eigenvalue weighted by molar-refractivity contribution is -0.131. The van der Waals surface area contributed by atoms with Crippen LogP contribution in [0.5, 0.6) is 0 Å². The van der Waals surface area contributed by atoms with Gasteiger partial charge in [-0.3, -0.25) is 9.59 Å². The van der Waals surface area contributed by atoms with Crippen molar-refractivity contribution in [2.24, 2.45) is 0 Å². The van der Waals surface area contributed by atoms with Gasteiger partial charge in [0.1, 0.15) is 0 Å². The first-order valence-electron chi connectivity index (χ1n) is 8.24. The Morgan fingerprint density at radius 3 is 2.79 bits per heavy atom. The van der Waals surface area contributed by atoms with Crippen LogP contribution in [0, 0.1) is 13.8 Å². The average Bonchev–Trinajstić information content (AvgIpc) is 3.25. The van der Waals surface area contributed by atoms with Crippen LogP contribution in [0.4, 0.5) is 0 Å². The molecule has 0 saturated carbocycles. The molecule has 0 bridgehead atoms. The molecule has 1 aliphatic heterocycles. The van der Waals surface area contributed by atoms with Crippen LogP contribution in [0.15, 0.2) is 35.7 Å². The van der Waals surface area contributed by atoms with Crippen LogP contribution in [0.25, 0.3) is 0 Å². The molecule has 24 heavy (non-hydrogen) atoms. The Hall–Kier alpha value is -2.14. The van der Waals surface area contributed by atoms with Crippen LogP contribution < -0.4 is 5.32 Å². The summed E-state index contributed by atoms with van der Waals surface area (Å²) >= 11 is 1.68. The Morgan fingerprint density at radius 2 is 2.08 bits per heavy atom. The van der Waals surface area contributed by atoms with E-state index in [2.05, 4.69) is 11.4 Å². The summed E-state index contributed by atoms with van der Waals surface area (Å²) in [4.78, 5) is 27.9. The lowest BCUT2D eigenvalue weighted by atomic mass is 10.1. The highest BCUT2D eigenvalue weighted by atomic mass is 32.1. The third-order valence-electron chi connectivity index (χ3n) is 4.61. The lowest BCUT2D eigenvalue weighted by Crippen LogP contribution is -2.39. The van der Waals surface area contributed by atoms with E-state index in [1.807, 2.05) is 42.3 Å². The maximum absolute atomic E-state index is 12.5. The summed E-state index contributed by atoms with van der Waals surface area (Å²) < 4.78 is 0. The van der Waals surface area contributed by atoms with Gasteiger partial charge in [-0.25, -0.2) is 0 Å². The summed E-state index contributed by atoms with van der Waals surface area (Å²) in [7, 11) is 0. The number of carbonyl (C=O) groups excluding carboxylic acids is 2. The first kappa shape index (κ1) is 16.7. The predicted molar refractivity (Wildman–Crippen MR) is 96.3 cm³/mol. The number of nitrogens with zero attached hydrogens (tertiary/aromatic N) is 1. The molecule has 126 valence electrons. The van der Waals surface area contributed by atoms with Crippen molar-refractivity contribution in [1.29, 1.82) is 0 Å². The van der Waals surface area contributed by atoms with E-state index in [0.717, 1.165) is 30.5 Å². The topological polar surface area (TPSA) is 49.4 Å². The second kappa shape index (κ2) is 7.18. The molecule has 3 rings (SSSR count). The molecule has 1 unspecified atom stereocenters. The minimum Gasteiger partial charge on any atom is -0.343 e. The van der Waals surface area contributed by atoms with E-state index >= 15 is 0 Å². The van der Waals surface area contributed by atoms with Crippen molar-refractivity contribution < 1.29 is 9.59 Å². The fraction of sp³-hybridized carbons (Fsp3) is 0.368. The number of carbonyl (C=O) groups is 2. The molecule has 1 aliphatic rings. The Kier molecular flexibility index (Phi) is 5.00. The van der Waals surface area contributed by atoms with Gasteiger partial charge in [-0.1, -0.05) is 12.1 Å². The third-order valence-corrected chi connectivity index (χ3v) is 5.59. The molecule has 1 aromatic carbocycles. The summed E-state index contributed by atoms with van der Waals surface area (Å²) in [6.07, 6.45) is 2.01. The zero-order chi connectivity index (χ0) is 17.1. The summed E-state index contributed by atoms with van der Waals surface area (Å²) in [6, 6.07) is 9.85. The van der Waals surface area contributed by atoms with E-state index in [4.69, 9.17) is 0 Å². The summed E-state index contributed by atoms with van der Waals surface area (Å²) in [5.41, 5.74) is 2.83. The Morgan fingerprint density at radius 1 is 1.25 bits per heavy atom. The summed E-state index contributed by atoms with van der Waals surface area (Å²) in [5, 5.41) is 4.80. The fourth-order valence-electron chi connectivity index (χ4n) is 3.08. The van der Waals surface area contributed by atoms with Crippen molar-refractivity contribution in [2.45, 2.75) is 32.7 Å². The quantitative estimate of drug-likeness (QED) is 0.925. The van der Waals surface area contributed by atoms with Crippen molar-refractivity contribution in [3.05, 3.63) is 57.3 Å². The molecule has 1 fully saturated rings. The molecule has 1 saturated heterocycles. The predicted octanol–water partition coefficient (Wildman–Crippen LogP) is 3.46. The molecule has 2 amide bonds. The molecule has 2 heterocycles. The van der Waals surface area contributed by atoms with Gasteiger partial charge < -0.3 is 10.2 Å². The van der Waals surface area contributed by atoms with E-state index in [0.29, 0.717) is 5.56 Å². The SMILES string of the molecule is Cc1ccc(C(=O)NCC(=O)N2CCCC2c2cccs2)cc1C. The highest BCUT2D eigenvalue weighted by Gasteiger charge is 2.30. The number of thiophene rings is 1. The molecular formula is C19H22N2O2S. The number of benzene rings is 1. The summed E-state index contributed by atoms with van der Waals surface area (Å²) in [6.45, 7) is 4.81. The van der Waals surface area contributed by atoms with Gasteiger partial charge in [0, 0.05) is 17.0 Å². The smallest absolute Gasteiger partial charge is 0.251 e. The zero-order valence-corrected chi connectivity index (χ0v) is 14.9. The second-order valence-corrected chi connectivity index (χ2v) is 7.22. The molecule has 1 atom stereocenters. The number of amides is 2. The molecule has 2 aromatic rings. The van der Waals surface area contributed by atoms with Gasteiger partial charge in [-0.15, -0.1) is 11.3 Å². The van der Waals surface area contributed by atoms with Crippen molar-refractivity contribution in [3.63, 3.8) is 0 Å². The highest BCUT2D eigenvalue weighted by molar-refractivity contribution is 7.10. The fourth-order valence-corrected chi connectivity index (χ4v) is 3.96. The number of rotatable bonds is 4. The Bertz CT molecular complexity index is 740. The molecule has 0 spiro atoms. The Balaban J connectivity index is 1.60. The van der Waals surface area contributed by atoms with E-state index in [1.54, 1.807) is 17.4 Å². The van der Waals surface area contributed by atoms with Gasteiger partial charge in [-0.2, -0.15) is 0 Å². The second-order valence-electron chi connectivity index (χ2n) is 6.24. The molecule has 4 nitrogen and oxygen atoms in total. The van der Waals surface area contributed by atoms with E-state index < -0.39 is 0 Å². The normalized spacial score (nSPS) is 17.1. The van der Waals surface area contributed by atoms with Crippen LogP contribution in [0.3, 0.4) is 0 Å². The number of nitrogens with one attached hydrogen (secondary N) is 1. The van der Waals surface area contributed by atoms with Crippen LogP contribution in [-0.4, -0.2) is 29.8 Å². The first-order valence-corrected chi connectivity index (χ1v) is 9.12. The molecule has 0 radical (unpaired) electrons. The van der Waals surface area contributed by atoms with Crippen LogP contribution in [0.2, 0.25) is 0 Å². The third kappa shape index (κ3) is 3.51. The first-order chi connectivity index (χ1) is 11.6. The van der Waals surface area contributed by atoms with Crippen LogP contribution in [0.1, 0.15) is 45.2 Å². The van der Waals surface area contributed by atoms with Gasteiger partial charge >= 0.3 is 0 Å². The van der Waals surface area contributed by atoms with Gasteiger partial charge in [0.2, 0.25) is 5.91 Å². The van der Waals surface area contributed by atoms with Gasteiger partial charge in [0.05, 0.1) is 12.6 Å². The van der Waals surface area contributed by atoms with Crippen LogP contribution in [-0.2, 0) is 4.79 Å². The largest absolute Gasteiger partial charge is 0.343 e. The molecule has 1 N–H and O–H groups in total. The minimum absolute atomic E-state index is 0.0110. The van der Waals surface area contributed by atoms with Crippen molar-refractivity contribution in [3.8, 4) is 0 Å². The van der Waals surface area contributed by atoms with Crippen molar-refractivity contribution >= 4 is 23.2 Å². The number of hydrogen-bond acceptors (Lipinski definition) is 3. The van der Waals surface area contributed by atoms with Crippen molar-refractivity contribution in [2.75, 3.05) is 13.1 Å². The van der Waals surface area contributed by atoms with Gasteiger partial charge in [-0.05, 0) is 61.4 Å². The number of likely N-dealkylation sites (tertiary alicyclic amines) is 1. The monoisotopic (exact) mass is 342 g/mol. The highest BCUT2D eigenvalue weighted by Crippen LogP contribution is 2.34. The molecular weight excluding hydrogens is 320 g/mol. The van der Waals surface area contributed by atoms with Gasteiger partial charge in [0.25, 0.3) is 5.91 Å². The summed E-state index contributed by atoms with van der Waals surface area (Å²) in [5.74, 6) is -0.207. The molecule has 1 aromatic heterocycles. The molecule has 5 heteroatoms. The maximum atomic E-state index is 12.5. The van der Waals surface area contributed by atoms with Crippen molar-refractivity contribution in [1.82, 2.24) is 10.2 Å². The minimum atomic E-state index is -0.196. The average molecular weight is 342 g/mol. The zero-order valence-electron chi connectivity index (χ0n) is 14.0. The number of hydrogen-bond donors (Lipinski definition) is 1. The van der Waals surface area contributed by atoms with E-state index in [-0.39, 0.29) is 24.4 Å². The lowest BCUT2D eigenvalue weighted by Gasteiger charge is -2.24. The number of aryl methyl sites for hydroxylation is 2. The van der Waals surface area contributed by atoms with Gasteiger partial charge in [0.15, 0.2) is 0 Å². The molecule has 0 aliphatic carbocycles.